The Hall–Kier alpha value is -2.83. The number of nitrogens with one attached hydrogen (secondary N) is 1. The first-order valence-corrected chi connectivity index (χ1v) is 8.77. The van der Waals surface area contributed by atoms with Gasteiger partial charge in [0.2, 0.25) is 5.91 Å². The molecule has 0 aliphatic heterocycles. The first-order valence-electron chi connectivity index (χ1n) is 8.77. The summed E-state index contributed by atoms with van der Waals surface area (Å²) in [6.45, 7) is 1.74. The highest BCUT2D eigenvalue weighted by atomic mass is 16.4. The summed E-state index contributed by atoms with van der Waals surface area (Å²) < 4.78 is 3.15. The maximum atomic E-state index is 12.8. The van der Waals surface area contributed by atoms with Crippen molar-refractivity contribution in [3.8, 4) is 5.69 Å². The summed E-state index contributed by atoms with van der Waals surface area (Å²) >= 11 is 0. The molecule has 1 aliphatic rings. The number of aromatic nitrogens is 2. The maximum absolute atomic E-state index is 12.8. The van der Waals surface area contributed by atoms with Crippen LogP contribution in [0, 0.1) is 18.8 Å². The molecule has 0 unspecified atom stereocenters. The molecular formula is C19H22N3O4-. The summed E-state index contributed by atoms with van der Waals surface area (Å²) in [5.74, 6) is -3.09. The number of aliphatic carboxylic acids is 1. The van der Waals surface area contributed by atoms with Gasteiger partial charge in [0.15, 0.2) is 0 Å². The molecule has 0 saturated heterocycles. The highest BCUT2D eigenvalue weighted by Crippen LogP contribution is 2.30. The van der Waals surface area contributed by atoms with E-state index in [1.807, 2.05) is 18.2 Å². The Balaban J connectivity index is 1.92. The highest BCUT2D eigenvalue weighted by Gasteiger charge is 2.33. The van der Waals surface area contributed by atoms with Crippen LogP contribution in [-0.4, -0.2) is 21.2 Å². The number of hydrogen-bond donors (Lipinski definition) is 1. The van der Waals surface area contributed by atoms with Gasteiger partial charge in [-0.25, -0.2) is 4.68 Å². The van der Waals surface area contributed by atoms with Gasteiger partial charge in [0.05, 0.1) is 11.4 Å². The molecule has 1 aromatic heterocycles. The van der Waals surface area contributed by atoms with Crippen LogP contribution in [0.2, 0.25) is 0 Å². The number of para-hydroxylation sites is 1. The number of hydrogen-bond acceptors (Lipinski definition) is 4. The molecule has 1 aromatic carbocycles. The zero-order valence-corrected chi connectivity index (χ0v) is 14.9. The van der Waals surface area contributed by atoms with E-state index in [0.717, 1.165) is 12.8 Å². The summed E-state index contributed by atoms with van der Waals surface area (Å²) in [7, 11) is 1.74. The molecule has 1 heterocycles. The predicted octanol–water partition coefficient (Wildman–Crippen LogP) is 0.979. The molecule has 0 bridgehead atoms. The Morgan fingerprint density at radius 1 is 1.12 bits per heavy atom. The molecule has 26 heavy (non-hydrogen) atoms. The smallest absolute Gasteiger partial charge is 0.295 e. The Labute approximate surface area is 151 Å². The number of anilines is 1. The van der Waals surface area contributed by atoms with Crippen molar-refractivity contribution in [2.45, 2.75) is 32.6 Å². The van der Waals surface area contributed by atoms with Crippen LogP contribution in [-0.2, 0) is 16.6 Å². The molecule has 1 fully saturated rings. The fourth-order valence-electron chi connectivity index (χ4n) is 3.65. The highest BCUT2D eigenvalue weighted by molar-refractivity contribution is 5.95. The first kappa shape index (κ1) is 18.0. The molecule has 0 radical (unpaired) electrons. The largest absolute Gasteiger partial charge is 0.550 e. The lowest BCUT2D eigenvalue weighted by atomic mass is 9.78. The standard InChI is InChI=1S/C19H23N3O4/c1-12-16(18(24)22(21(12)2)13-8-4-3-5-9-13)20-17(23)14-10-6-7-11-15(14)19(25)26/h3-5,8-9,14-15H,6-7,10-11H2,1-2H3,(H,20,23)(H,25,26)/p-1/t14-,15-/m1/s1. The Kier molecular flexibility index (Phi) is 4.97. The summed E-state index contributed by atoms with van der Waals surface area (Å²) in [6, 6.07) is 9.12. The van der Waals surface area contributed by atoms with Gasteiger partial charge in [-0.1, -0.05) is 31.0 Å². The Morgan fingerprint density at radius 2 is 1.73 bits per heavy atom. The van der Waals surface area contributed by atoms with Crippen LogP contribution in [0.15, 0.2) is 35.1 Å². The normalized spacial score (nSPS) is 19.9. The van der Waals surface area contributed by atoms with Crippen LogP contribution in [0.25, 0.3) is 5.69 Å². The van der Waals surface area contributed by atoms with Crippen LogP contribution >= 0.6 is 0 Å². The van der Waals surface area contributed by atoms with Crippen molar-refractivity contribution in [1.82, 2.24) is 9.36 Å². The number of carboxylic acid groups (broad SMARTS) is 1. The van der Waals surface area contributed by atoms with Gasteiger partial charge in [0.1, 0.15) is 5.69 Å². The molecule has 3 rings (SSSR count). The van der Waals surface area contributed by atoms with Crippen LogP contribution < -0.4 is 16.0 Å². The average Bonchev–Trinajstić information content (AvgIpc) is 2.85. The quantitative estimate of drug-likeness (QED) is 0.883. The van der Waals surface area contributed by atoms with Crippen molar-refractivity contribution in [1.29, 1.82) is 0 Å². The molecule has 1 saturated carbocycles. The Morgan fingerprint density at radius 3 is 2.35 bits per heavy atom. The summed E-state index contributed by atoms with van der Waals surface area (Å²) in [5.41, 5.74) is 1.14. The summed E-state index contributed by atoms with van der Waals surface area (Å²) in [6.07, 6.45) is 2.49. The van der Waals surface area contributed by atoms with Crippen molar-refractivity contribution in [2.24, 2.45) is 18.9 Å². The maximum Gasteiger partial charge on any atom is 0.295 e. The van der Waals surface area contributed by atoms with Gasteiger partial charge in [-0.2, -0.15) is 0 Å². The van der Waals surface area contributed by atoms with E-state index >= 15 is 0 Å². The number of rotatable bonds is 4. The number of carbonyl (C=O) groups excluding carboxylic acids is 2. The second kappa shape index (κ2) is 7.19. The average molecular weight is 356 g/mol. The number of nitrogens with zero attached hydrogens (tertiary/aromatic N) is 2. The van der Waals surface area contributed by atoms with Crippen molar-refractivity contribution in [3.63, 3.8) is 0 Å². The lowest BCUT2D eigenvalue weighted by molar-refractivity contribution is -0.313. The molecule has 1 amide bonds. The zero-order valence-electron chi connectivity index (χ0n) is 14.9. The van der Waals surface area contributed by atoms with Gasteiger partial charge < -0.3 is 15.2 Å². The van der Waals surface area contributed by atoms with Crippen molar-refractivity contribution in [2.75, 3.05) is 5.32 Å². The fourth-order valence-corrected chi connectivity index (χ4v) is 3.65. The van der Waals surface area contributed by atoms with Gasteiger partial charge >= 0.3 is 0 Å². The summed E-state index contributed by atoms with van der Waals surface area (Å²) in [5, 5.41) is 14.0. The molecule has 7 heteroatoms. The third-order valence-corrected chi connectivity index (χ3v) is 5.21. The van der Waals surface area contributed by atoms with E-state index in [4.69, 9.17) is 0 Å². The number of carboxylic acids is 1. The molecule has 2 atom stereocenters. The van der Waals surface area contributed by atoms with E-state index in [-0.39, 0.29) is 11.2 Å². The zero-order chi connectivity index (χ0) is 18.8. The van der Waals surface area contributed by atoms with Gasteiger partial charge in [-0.05, 0) is 31.9 Å². The minimum absolute atomic E-state index is 0.184. The number of carbonyl (C=O) groups is 2. The van der Waals surface area contributed by atoms with Gasteiger partial charge in [-0.3, -0.25) is 14.3 Å². The summed E-state index contributed by atoms with van der Waals surface area (Å²) in [4.78, 5) is 36.9. The van der Waals surface area contributed by atoms with Crippen LogP contribution in [0.4, 0.5) is 5.69 Å². The minimum atomic E-state index is -1.20. The van der Waals surface area contributed by atoms with E-state index in [0.29, 0.717) is 24.2 Å². The third kappa shape index (κ3) is 3.16. The lowest BCUT2D eigenvalue weighted by Crippen LogP contribution is -2.42. The molecule has 138 valence electrons. The van der Waals surface area contributed by atoms with Crippen molar-refractivity contribution in [3.05, 3.63) is 46.4 Å². The number of benzene rings is 1. The molecule has 0 spiro atoms. The third-order valence-electron chi connectivity index (χ3n) is 5.21. The van der Waals surface area contributed by atoms with Gasteiger partial charge in [0, 0.05) is 24.9 Å². The monoisotopic (exact) mass is 356 g/mol. The second-order valence-corrected chi connectivity index (χ2v) is 6.74. The van der Waals surface area contributed by atoms with Gasteiger partial charge in [-0.15, -0.1) is 0 Å². The minimum Gasteiger partial charge on any atom is -0.550 e. The topological polar surface area (TPSA) is 96.2 Å². The fraction of sp³-hybridized carbons (Fsp3) is 0.421. The predicted molar refractivity (Wildman–Crippen MR) is 94.8 cm³/mol. The molecule has 1 aliphatic carbocycles. The van der Waals surface area contributed by atoms with E-state index in [2.05, 4.69) is 5.32 Å². The van der Waals surface area contributed by atoms with Crippen molar-refractivity contribution < 1.29 is 14.7 Å². The SMILES string of the molecule is Cc1c(NC(=O)[C@@H]2CCCC[C@H]2C(=O)[O-])c(=O)n(-c2ccccc2)n1C. The van der Waals surface area contributed by atoms with E-state index in [9.17, 15) is 19.5 Å². The van der Waals surface area contributed by atoms with Crippen LogP contribution in [0.5, 0.6) is 0 Å². The number of amides is 1. The Bertz CT molecular complexity index is 882. The molecular weight excluding hydrogens is 334 g/mol. The van der Waals surface area contributed by atoms with Crippen LogP contribution in [0.1, 0.15) is 31.4 Å². The van der Waals surface area contributed by atoms with E-state index in [1.54, 1.807) is 30.8 Å². The molecule has 1 N–H and O–H groups in total. The molecule has 2 aromatic rings. The second-order valence-electron chi connectivity index (χ2n) is 6.74. The molecule has 7 nitrogen and oxygen atoms in total. The van der Waals surface area contributed by atoms with Crippen LogP contribution in [0.3, 0.4) is 0 Å². The first-order chi connectivity index (χ1) is 12.4. The lowest BCUT2D eigenvalue weighted by Gasteiger charge is -2.30. The van der Waals surface area contributed by atoms with Crippen molar-refractivity contribution >= 4 is 17.6 Å². The van der Waals surface area contributed by atoms with Gasteiger partial charge in [0.25, 0.3) is 5.56 Å². The van der Waals surface area contributed by atoms with E-state index in [1.165, 1.54) is 4.68 Å². The van der Waals surface area contributed by atoms with E-state index < -0.39 is 23.7 Å².